The van der Waals surface area contributed by atoms with Gasteiger partial charge in [0.2, 0.25) is 5.91 Å². The predicted octanol–water partition coefficient (Wildman–Crippen LogP) is 2.47. The number of fused-ring (bicyclic) bond motifs is 1. The fourth-order valence-electron chi connectivity index (χ4n) is 3.11. The van der Waals surface area contributed by atoms with Crippen LogP contribution in [-0.2, 0) is 11.8 Å². The van der Waals surface area contributed by atoms with E-state index in [1.807, 2.05) is 0 Å². The number of amides is 1. The first-order valence-electron chi connectivity index (χ1n) is 8.36. The zero-order valence-corrected chi connectivity index (χ0v) is 15.7. The average molecular weight is 375 g/mol. The number of phenolic OH excluding ortho intramolecular Hbond substituents is 1. The van der Waals surface area contributed by atoms with E-state index in [0.717, 1.165) is 12.2 Å². The quantitative estimate of drug-likeness (QED) is 0.616. The van der Waals surface area contributed by atoms with Gasteiger partial charge in [0.25, 0.3) is 5.56 Å². The van der Waals surface area contributed by atoms with E-state index in [-0.39, 0.29) is 23.6 Å². The van der Waals surface area contributed by atoms with Gasteiger partial charge in [-0.2, -0.15) is 4.98 Å². The van der Waals surface area contributed by atoms with Gasteiger partial charge in [-0.1, -0.05) is 24.8 Å². The standard InChI is InChI=1S/C18H21N3O4S/c1-4-7-26-18-20-17(24)15-12(9-14(23)19-16(15)21(18)2)11-6-5-10(22)8-13(11)25-3/h5-6,8,12,22H,4,7,9H2,1-3H3,(H,19,23)/t12-/m0/s1. The van der Waals surface area contributed by atoms with E-state index in [2.05, 4.69) is 17.2 Å². The molecule has 8 heteroatoms. The van der Waals surface area contributed by atoms with Crippen molar-refractivity contribution in [2.75, 3.05) is 18.2 Å². The van der Waals surface area contributed by atoms with Crippen molar-refractivity contribution in [1.29, 1.82) is 0 Å². The molecule has 0 unspecified atom stereocenters. The molecule has 0 saturated carbocycles. The van der Waals surface area contributed by atoms with Crippen LogP contribution in [0.4, 0.5) is 5.82 Å². The number of thioether (sulfide) groups is 1. The largest absolute Gasteiger partial charge is 0.508 e. The molecule has 0 spiro atoms. The minimum atomic E-state index is -0.481. The number of nitrogens with one attached hydrogen (secondary N) is 1. The van der Waals surface area contributed by atoms with Crippen LogP contribution in [0.3, 0.4) is 0 Å². The second-order valence-electron chi connectivity index (χ2n) is 6.10. The normalized spacial score (nSPS) is 16.1. The van der Waals surface area contributed by atoms with Crippen LogP contribution in [0.25, 0.3) is 0 Å². The molecular weight excluding hydrogens is 354 g/mol. The summed E-state index contributed by atoms with van der Waals surface area (Å²) in [5.41, 5.74) is 0.767. The topological polar surface area (TPSA) is 93.5 Å². The Hall–Kier alpha value is -2.48. The van der Waals surface area contributed by atoms with Crippen molar-refractivity contribution in [3.63, 3.8) is 0 Å². The maximum Gasteiger partial charge on any atom is 0.279 e. The summed E-state index contributed by atoms with van der Waals surface area (Å²) in [5, 5.41) is 13.1. The minimum absolute atomic E-state index is 0.0587. The number of methoxy groups -OCH3 is 1. The Labute approximate surface area is 155 Å². The summed E-state index contributed by atoms with van der Waals surface area (Å²) in [6.45, 7) is 2.05. The van der Waals surface area contributed by atoms with Gasteiger partial charge in [-0.3, -0.25) is 9.59 Å². The molecule has 1 amide bonds. The van der Waals surface area contributed by atoms with Crippen molar-refractivity contribution in [1.82, 2.24) is 9.55 Å². The summed E-state index contributed by atoms with van der Waals surface area (Å²) in [6, 6.07) is 4.68. The number of rotatable bonds is 5. The summed E-state index contributed by atoms with van der Waals surface area (Å²) in [6.07, 6.45) is 1.07. The number of carbonyl (C=O) groups is 1. The third kappa shape index (κ3) is 3.29. The van der Waals surface area contributed by atoms with E-state index in [1.165, 1.54) is 31.0 Å². The Bertz CT molecular complexity index is 910. The lowest BCUT2D eigenvalue weighted by molar-refractivity contribution is -0.116. The SMILES string of the molecule is CCCSc1nc(=O)c2c(n1C)NC(=O)C[C@H]2c1ccc(O)cc1OC. The molecule has 138 valence electrons. The monoisotopic (exact) mass is 375 g/mol. The molecule has 3 rings (SSSR count). The number of ether oxygens (including phenoxy) is 1. The van der Waals surface area contributed by atoms with Crippen molar-refractivity contribution in [3.8, 4) is 11.5 Å². The van der Waals surface area contributed by atoms with Gasteiger partial charge in [0.1, 0.15) is 17.3 Å². The highest BCUT2D eigenvalue weighted by Gasteiger charge is 2.33. The van der Waals surface area contributed by atoms with Crippen LogP contribution in [0.5, 0.6) is 11.5 Å². The van der Waals surface area contributed by atoms with Gasteiger partial charge >= 0.3 is 0 Å². The molecule has 1 aromatic heterocycles. The number of aromatic nitrogens is 2. The summed E-state index contributed by atoms with van der Waals surface area (Å²) in [7, 11) is 3.28. The summed E-state index contributed by atoms with van der Waals surface area (Å²) in [4.78, 5) is 29.3. The molecule has 7 nitrogen and oxygen atoms in total. The van der Waals surface area contributed by atoms with Crippen molar-refractivity contribution >= 4 is 23.5 Å². The molecule has 2 aromatic rings. The van der Waals surface area contributed by atoms with Crippen molar-refractivity contribution < 1.29 is 14.6 Å². The number of carbonyl (C=O) groups excluding carboxylic acids is 1. The zero-order valence-electron chi connectivity index (χ0n) is 14.9. The Kier molecular flexibility index (Phi) is 5.22. The number of aromatic hydroxyl groups is 1. The Morgan fingerprint density at radius 2 is 2.19 bits per heavy atom. The number of anilines is 1. The first-order valence-corrected chi connectivity index (χ1v) is 9.35. The van der Waals surface area contributed by atoms with Gasteiger partial charge in [-0.15, -0.1) is 0 Å². The van der Waals surface area contributed by atoms with Crippen LogP contribution < -0.4 is 15.6 Å². The third-order valence-electron chi connectivity index (χ3n) is 4.33. The highest BCUT2D eigenvalue weighted by molar-refractivity contribution is 7.99. The highest BCUT2D eigenvalue weighted by Crippen LogP contribution is 2.40. The van der Waals surface area contributed by atoms with Crippen LogP contribution in [0.1, 0.15) is 36.8 Å². The molecule has 0 saturated heterocycles. The van der Waals surface area contributed by atoms with E-state index in [1.54, 1.807) is 17.7 Å². The number of benzene rings is 1. The predicted molar refractivity (Wildman–Crippen MR) is 100 cm³/mol. The fraction of sp³-hybridized carbons (Fsp3) is 0.389. The van der Waals surface area contributed by atoms with Gasteiger partial charge in [0.05, 0.1) is 12.7 Å². The number of hydrogen-bond acceptors (Lipinski definition) is 6. The molecule has 1 aromatic carbocycles. The van der Waals surface area contributed by atoms with Crippen molar-refractivity contribution in [3.05, 3.63) is 39.7 Å². The molecule has 0 aliphatic carbocycles. The third-order valence-corrected chi connectivity index (χ3v) is 5.56. The second-order valence-corrected chi connectivity index (χ2v) is 7.16. The van der Waals surface area contributed by atoms with Crippen LogP contribution in [-0.4, -0.2) is 33.4 Å². The van der Waals surface area contributed by atoms with Gasteiger partial charge in [0, 0.05) is 36.8 Å². The first-order chi connectivity index (χ1) is 12.5. The molecule has 0 fully saturated rings. The molecular formula is C18H21N3O4S. The van der Waals surface area contributed by atoms with Crippen molar-refractivity contribution in [2.45, 2.75) is 30.8 Å². The smallest absolute Gasteiger partial charge is 0.279 e. The summed E-state index contributed by atoms with van der Waals surface area (Å²) in [5.74, 6) is 1.14. The molecule has 1 atom stereocenters. The molecule has 0 radical (unpaired) electrons. The van der Waals surface area contributed by atoms with E-state index >= 15 is 0 Å². The number of nitrogens with zero attached hydrogens (tertiary/aromatic N) is 2. The molecule has 26 heavy (non-hydrogen) atoms. The van der Waals surface area contributed by atoms with E-state index < -0.39 is 5.92 Å². The van der Waals surface area contributed by atoms with Crippen LogP contribution in [0, 0.1) is 0 Å². The number of hydrogen-bond donors (Lipinski definition) is 2. The van der Waals surface area contributed by atoms with Gasteiger partial charge in [-0.25, -0.2) is 0 Å². The maximum absolute atomic E-state index is 12.8. The lowest BCUT2D eigenvalue weighted by atomic mass is 9.86. The van der Waals surface area contributed by atoms with Crippen LogP contribution in [0.15, 0.2) is 28.2 Å². The maximum atomic E-state index is 12.8. The van der Waals surface area contributed by atoms with Gasteiger partial charge in [-0.05, 0) is 12.5 Å². The van der Waals surface area contributed by atoms with E-state index in [0.29, 0.717) is 27.9 Å². The lowest BCUT2D eigenvalue weighted by Gasteiger charge is -2.28. The molecule has 2 heterocycles. The van der Waals surface area contributed by atoms with E-state index in [9.17, 15) is 14.7 Å². The van der Waals surface area contributed by atoms with Crippen LogP contribution >= 0.6 is 11.8 Å². The summed E-state index contributed by atoms with van der Waals surface area (Å²) < 4.78 is 7.11. The van der Waals surface area contributed by atoms with Crippen molar-refractivity contribution in [2.24, 2.45) is 7.05 Å². The highest BCUT2D eigenvalue weighted by atomic mass is 32.2. The van der Waals surface area contributed by atoms with Crippen LogP contribution in [0.2, 0.25) is 0 Å². The molecule has 0 bridgehead atoms. The number of phenols is 1. The van der Waals surface area contributed by atoms with Gasteiger partial charge in [0.15, 0.2) is 5.16 Å². The fourth-order valence-corrected chi connectivity index (χ4v) is 3.93. The second kappa shape index (κ2) is 7.41. The van der Waals surface area contributed by atoms with Gasteiger partial charge < -0.3 is 19.7 Å². The minimum Gasteiger partial charge on any atom is -0.508 e. The lowest BCUT2D eigenvalue weighted by Crippen LogP contribution is -2.33. The molecule has 1 aliphatic heterocycles. The first kappa shape index (κ1) is 18.3. The van der Waals surface area contributed by atoms with E-state index in [4.69, 9.17) is 4.74 Å². The zero-order chi connectivity index (χ0) is 18.8. The average Bonchev–Trinajstić information content (AvgIpc) is 2.62. The Morgan fingerprint density at radius 3 is 2.88 bits per heavy atom. The molecule has 1 aliphatic rings. The Morgan fingerprint density at radius 1 is 1.42 bits per heavy atom. The Balaban J connectivity index is 2.17. The molecule has 2 N–H and O–H groups in total. The summed E-state index contributed by atoms with van der Waals surface area (Å²) >= 11 is 1.48.